The topological polar surface area (TPSA) is 106 Å². The number of aliphatic hydroxyl groups is 1. The van der Waals surface area contributed by atoms with Gasteiger partial charge in [0.1, 0.15) is 11.5 Å². The standard InChI is InChI=1S/C19H15F3N6O3/c1-2-28-25-18(24-26-28)14-6-3-10(8-23-14)12-5-4-11(7-13(12)20)27-9-15(31-19(27)30)16(29)17(21)22/h2-8,15-17,29H,1,9H2. The molecule has 1 N–H and O–H groups in total. The third kappa shape index (κ3) is 3.97. The number of aromatic nitrogens is 5. The molecule has 31 heavy (non-hydrogen) atoms. The van der Waals surface area contributed by atoms with Crippen LogP contribution in [0.5, 0.6) is 0 Å². The van der Waals surface area contributed by atoms with Crippen LogP contribution in [0.2, 0.25) is 0 Å². The van der Waals surface area contributed by atoms with Crippen molar-refractivity contribution in [3.05, 3.63) is 48.9 Å². The van der Waals surface area contributed by atoms with E-state index >= 15 is 0 Å². The Morgan fingerprint density at radius 1 is 1.29 bits per heavy atom. The molecule has 1 saturated heterocycles. The van der Waals surface area contributed by atoms with Gasteiger partial charge in [0.2, 0.25) is 5.82 Å². The van der Waals surface area contributed by atoms with E-state index in [1.165, 1.54) is 29.3 Å². The molecule has 0 radical (unpaired) electrons. The van der Waals surface area contributed by atoms with Gasteiger partial charge in [-0.3, -0.25) is 9.88 Å². The fraction of sp³-hybridized carbons (Fsp3) is 0.211. The molecule has 12 heteroatoms. The second kappa shape index (κ2) is 8.14. The largest absolute Gasteiger partial charge is 0.441 e. The minimum Gasteiger partial charge on any atom is -0.441 e. The number of alkyl halides is 2. The number of nitrogens with zero attached hydrogens (tertiary/aromatic N) is 6. The van der Waals surface area contributed by atoms with Crippen LogP contribution in [-0.2, 0) is 4.74 Å². The van der Waals surface area contributed by atoms with Gasteiger partial charge in [0.15, 0.2) is 12.2 Å². The highest BCUT2D eigenvalue weighted by molar-refractivity contribution is 5.90. The molecule has 9 nitrogen and oxygen atoms in total. The predicted octanol–water partition coefficient (Wildman–Crippen LogP) is 2.59. The van der Waals surface area contributed by atoms with Crippen molar-refractivity contribution in [2.45, 2.75) is 18.6 Å². The molecule has 1 fully saturated rings. The Hall–Kier alpha value is -3.80. The van der Waals surface area contributed by atoms with Crippen LogP contribution in [0.25, 0.3) is 28.8 Å². The molecule has 0 saturated carbocycles. The zero-order valence-electron chi connectivity index (χ0n) is 15.8. The molecule has 0 spiro atoms. The van der Waals surface area contributed by atoms with Crippen LogP contribution in [0, 0.1) is 5.82 Å². The zero-order chi connectivity index (χ0) is 22.1. The predicted molar refractivity (Wildman–Crippen MR) is 102 cm³/mol. The summed E-state index contributed by atoms with van der Waals surface area (Å²) >= 11 is 0. The SMILES string of the molecule is C=Cn1nnc(-c2ccc(-c3ccc(N4CC(C(O)C(F)F)OC4=O)cc3F)cn2)n1. The number of benzene rings is 1. The van der Waals surface area contributed by atoms with Crippen LogP contribution in [0.15, 0.2) is 43.1 Å². The second-order valence-corrected chi connectivity index (χ2v) is 6.57. The Kier molecular flexibility index (Phi) is 5.38. The number of rotatable bonds is 6. The molecular weight excluding hydrogens is 417 g/mol. The molecule has 3 aromatic rings. The third-order valence-corrected chi connectivity index (χ3v) is 4.63. The summed E-state index contributed by atoms with van der Waals surface area (Å²) in [7, 11) is 0. The van der Waals surface area contributed by atoms with E-state index in [9.17, 15) is 23.1 Å². The minimum atomic E-state index is -3.07. The minimum absolute atomic E-state index is 0.116. The van der Waals surface area contributed by atoms with E-state index in [0.717, 1.165) is 11.0 Å². The molecule has 2 aromatic heterocycles. The van der Waals surface area contributed by atoms with E-state index in [2.05, 4.69) is 27.0 Å². The monoisotopic (exact) mass is 432 g/mol. The lowest BCUT2D eigenvalue weighted by Crippen LogP contribution is -2.36. The maximum absolute atomic E-state index is 14.7. The molecule has 4 rings (SSSR count). The summed E-state index contributed by atoms with van der Waals surface area (Å²) in [6.45, 7) is 3.20. The lowest BCUT2D eigenvalue weighted by Gasteiger charge is -2.16. The van der Waals surface area contributed by atoms with Gasteiger partial charge >= 0.3 is 6.09 Å². The van der Waals surface area contributed by atoms with Gasteiger partial charge in [0.25, 0.3) is 6.43 Å². The van der Waals surface area contributed by atoms with Crippen LogP contribution in [0.4, 0.5) is 23.7 Å². The highest BCUT2D eigenvalue weighted by Crippen LogP contribution is 2.30. The van der Waals surface area contributed by atoms with E-state index in [1.807, 2.05) is 0 Å². The van der Waals surface area contributed by atoms with Crippen molar-refractivity contribution in [2.24, 2.45) is 0 Å². The molecule has 2 unspecified atom stereocenters. The van der Waals surface area contributed by atoms with E-state index in [0.29, 0.717) is 11.3 Å². The van der Waals surface area contributed by atoms with Crippen molar-refractivity contribution >= 4 is 18.0 Å². The Bertz CT molecular complexity index is 1120. The Labute approximate surface area is 173 Å². The number of tetrazole rings is 1. The zero-order valence-corrected chi connectivity index (χ0v) is 15.8. The fourth-order valence-corrected chi connectivity index (χ4v) is 3.03. The van der Waals surface area contributed by atoms with E-state index in [1.54, 1.807) is 12.1 Å². The Morgan fingerprint density at radius 3 is 2.71 bits per heavy atom. The van der Waals surface area contributed by atoms with Gasteiger partial charge in [0.05, 0.1) is 12.2 Å². The first kappa shape index (κ1) is 20.5. The smallest absolute Gasteiger partial charge is 0.414 e. The first-order valence-corrected chi connectivity index (χ1v) is 9.00. The number of ether oxygens (including phenoxy) is 1. The van der Waals surface area contributed by atoms with Crippen molar-refractivity contribution in [3.8, 4) is 22.6 Å². The molecule has 160 valence electrons. The quantitative estimate of drug-likeness (QED) is 0.638. The third-order valence-electron chi connectivity index (χ3n) is 4.63. The maximum atomic E-state index is 14.7. The average Bonchev–Trinajstić information content (AvgIpc) is 3.40. The first-order valence-electron chi connectivity index (χ1n) is 9.00. The molecule has 1 aliphatic heterocycles. The normalized spacial score (nSPS) is 17.1. The number of anilines is 1. The number of pyridine rings is 1. The Morgan fingerprint density at radius 2 is 2.10 bits per heavy atom. The highest BCUT2D eigenvalue weighted by atomic mass is 19.3. The number of cyclic esters (lactones) is 1. The maximum Gasteiger partial charge on any atom is 0.414 e. The van der Waals surface area contributed by atoms with Crippen molar-refractivity contribution in [1.29, 1.82) is 0 Å². The summed E-state index contributed by atoms with van der Waals surface area (Å²) in [5, 5.41) is 21.0. The summed E-state index contributed by atoms with van der Waals surface area (Å²) in [6.07, 6.45) is -4.73. The molecular formula is C19H15F3N6O3. The summed E-state index contributed by atoms with van der Waals surface area (Å²) in [4.78, 5) is 18.3. The van der Waals surface area contributed by atoms with E-state index < -0.39 is 30.5 Å². The summed E-state index contributed by atoms with van der Waals surface area (Å²) in [5.41, 5.74) is 1.21. The molecule has 1 aliphatic rings. The van der Waals surface area contributed by atoms with Gasteiger partial charge < -0.3 is 9.84 Å². The van der Waals surface area contributed by atoms with Gasteiger partial charge in [-0.1, -0.05) is 12.6 Å². The summed E-state index contributed by atoms with van der Waals surface area (Å²) < 4.78 is 44.8. The van der Waals surface area contributed by atoms with E-state index in [-0.39, 0.29) is 23.6 Å². The number of amides is 1. The van der Waals surface area contributed by atoms with Crippen LogP contribution in [0.3, 0.4) is 0 Å². The van der Waals surface area contributed by atoms with Crippen molar-refractivity contribution in [2.75, 3.05) is 11.4 Å². The Balaban J connectivity index is 1.54. The van der Waals surface area contributed by atoms with Crippen LogP contribution in [-0.4, -0.2) is 61.6 Å². The molecule has 1 aromatic carbocycles. The molecule has 0 aliphatic carbocycles. The van der Waals surface area contributed by atoms with Crippen LogP contribution in [0.1, 0.15) is 0 Å². The average molecular weight is 432 g/mol. The van der Waals surface area contributed by atoms with Crippen LogP contribution < -0.4 is 4.90 Å². The summed E-state index contributed by atoms with van der Waals surface area (Å²) in [5.74, 6) is -0.385. The summed E-state index contributed by atoms with van der Waals surface area (Å²) in [6, 6.07) is 7.17. The number of carbonyl (C=O) groups is 1. The van der Waals surface area contributed by atoms with E-state index in [4.69, 9.17) is 4.74 Å². The fourth-order valence-electron chi connectivity index (χ4n) is 3.03. The van der Waals surface area contributed by atoms with Gasteiger partial charge in [0, 0.05) is 23.5 Å². The van der Waals surface area contributed by atoms with Crippen LogP contribution >= 0.6 is 0 Å². The molecule has 1 amide bonds. The second-order valence-electron chi connectivity index (χ2n) is 6.57. The first-order chi connectivity index (χ1) is 14.9. The van der Waals surface area contributed by atoms with Gasteiger partial charge in [-0.2, -0.15) is 0 Å². The number of hydrogen-bond acceptors (Lipinski definition) is 7. The lowest BCUT2D eigenvalue weighted by atomic mass is 10.1. The van der Waals surface area contributed by atoms with Crippen molar-refractivity contribution in [3.63, 3.8) is 0 Å². The number of halogens is 3. The molecule has 2 atom stereocenters. The molecule has 0 bridgehead atoms. The van der Waals surface area contributed by atoms with Gasteiger partial charge in [-0.15, -0.1) is 15.0 Å². The van der Waals surface area contributed by atoms with Gasteiger partial charge in [-0.05, 0) is 29.5 Å². The number of aliphatic hydroxyl groups excluding tert-OH is 1. The van der Waals surface area contributed by atoms with Crippen molar-refractivity contribution in [1.82, 2.24) is 25.2 Å². The number of hydrogen-bond donors (Lipinski definition) is 1. The molecule has 3 heterocycles. The van der Waals surface area contributed by atoms with Crippen molar-refractivity contribution < 1.29 is 27.8 Å². The number of carbonyl (C=O) groups excluding carboxylic acids is 1. The lowest BCUT2D eigenvalue weighted by molar-refractivity contribution is -0.0641. The highest BCUT2D eigenvalue weighted by Gasteiger charge is 2.40. The van der Waals surface area contributed by atoms with Gasteiger partial charge in [-0.25, -0.2) is 18.0 Å².